The summed E-state index contributed by atoms with van der Waals surface area (Å²) in [5.74, 6) is 5.75. The molecule has 102 valence electrons. The lowest BCUT2D eigenvalue weighted by Gasteiger charge is -2.19. The van der Waals surface area contributed by atoms with Crippen molar-refractivity contribution in [3.8, 4) is 0 Å². The summed E-state index contributed by atoms with van der Waals surface area (Å²) in [6.45, 7) is 5.14. The second-order valence-electron chi connectivity index (χ2n) is 4.48. The van der Waals surface area contributed by atoms with E-state index in [1.165, 1.54) is 5.56 Å². The fraction of sp³-hybridized carbons (Fsp3) is 0.429. The third kappa shape index (κ3) is 2.83. The van der Waals surface area contributed by atoms with Gasteiger partial charge in [-0.2, -0.15) is 5.10 Å². The highest BCUT2D eigenvalue weighted by molar-refractivity contribution is 5.29. The minimum absolute atomic E-state index is 0.120. The highest BCUT2D eigenvalue weighted by Gasteiger charge is 2.20. The number of rotatable bonds is 6. The van der Waals surface area contributed by atoms with Crippen LogP contribution in [0.1, 0.15) is 43.3 Å². The maximum Gasteiger partial charge on any atom is 0.105 e. The molecule has 2 rings (SSSR count). The Kier molecular flexibility index (Phi) is 4.65. The molecule has 0 aliphatic heterocycles. The van der Waals surface area contributed by atoms with Crippen molar-refractivity contribution in [2.75, 3.05) is 0 Å². The van der Waals surface area contributed by atoms with E-state index in [4.69, 9.17) is 5.84 Å². The van der Waals surface area contributed by atoms with Crippen LogP contribution < -0.4 is 11.3 Å². The average molecular weight is 259 g/mol. The molecule has 2 aromatic heterocycles. The molecule has 0 saturated heterocycles. The number of pyridine rings is 1. The Labute approximate surface area is 113 Å². The van der Waals surface area contributed by atoms with Gasteiger partial charge in [0.1, 0.15) is 6.04 Å². The van der Waals surface area contributed by atoms with Crippen molar-refractivity contribution < 1.29 is 0 Å². The molecule has 0 amide bonds. The van der Waals surface area contributed by atoms with Gasteiger partial charge in [0.15, 0.2) is 0 Å². The van der Waals surface area contributed by atoms with Crippen LogP contribution in [0.15, 0.2) is 30.6 Å². The molecule has 0 aliphatic carbocycles. The monoisotopic (exact) mass is 259 g/mol. The fourth-order valence-corrected chi connectivity index (χ4v) is 2.30. The highest BCUT2D eigenvalue weighted by atomic mass is 15.3. The van der Waals surface area contributed by atoms with Crippen LogP contribution >= 0.6 is 0 Å². The summed E-state index contributed by atoms with van der Waals surface area (Å²) in [4.78, 5) is 4.49. The van der Waals surface area contributed by atoms with Gasteiger partial charge in [0.25, 0.3) is 0 Å². The van der Waals surface area contributed by atoms with Crippen LogP contribution in [0, 0.1) is 0 Å². The number of nitrogens with zero attached hydrogens (tertiary/aromatic N) is 3. The van der Waals surface area contributed by atoms with Crippen molar-refractivity contribution >= 4 is 0 Å². The Hall–Kier alpha value is -1.72. The van der Waals surface area contributed by atoms with Crippen LogP contribution in [0.4, 0.5) is 0 Å². The molecule has 0 aliphatic rings. The van der Waals surface area contributed by atoms with Gasteiger partial charge in [-0.1, -0.05) is 19.9 Å². The lowest BCUT2D eigenvalue weighted by molar-refractivity contribution is 0.513. The van der Waals surface area contributed by atoms with Gasteiger partial charge in [-0.15, -0.1) is 0 Å². The van der Waals surface area contributed by atoms with Crippen LogP contribution in [0.5, 0.6) is 0 Å². The lowest BCUT2D eigenvalue weighted by atomic mass is 10.0. The summed E-state index contributed by atoms with van der Waals surface area (Å²) < 4.78 is 1.98. The quantitative estimate of drug-likeness (QED) is 0.613. The van der Waals surface area contributed by atoms with Gasteiger partial charge in [0.2, 0.25) is 0 Å². The van der Waals surface area contributed by atoms with Crippen molar-refractivity contribution in [2.24, 2.45) is 5.84 Å². The number of aromatic nitrogens is 3. The van der Waals surface area contributed by atoms with E-state index in [1.54, 1.807) is 6.20 Å². The van der Waals surface area contributed by atoms with Crippen LogP contribution in [0.25, 0.3) is 0 Å². The van der Waals surface area contributed by atoms with Gasteiger partial charge in [-0.25, -0.2) is 5.43 Å². The molecular formula is C14H21N5. The highest BCUT2D eigenvalue weighted by Crippen LogP contribution is 2.22. The minimum Gasteiger partial charge on any atom is -0.270 e. The topological polar surface area (TPSA) is 68.8 Å². The van der Waals surface area contributed by atoms with Crippen molar-refractivity contribution in [1.82, 2.24) is 20.2 Å². The largest absolute Gasteiger partial charge is 0.270 e. The average Bonchev–Trinajstić information content (AvgIpc) is 2.89. The molecule has 0 radical (unpaired) electrons. The normalized spacial score (nSPS) is 12.6. The number of hydrogen-bond acceptors (Lipinski definition) is 4. The van der Waals surface area contributed by atoms with E-state index >= 15 is 0 Å². The molecular weight excluding hydrogens is 238 g/mol. The van der Waals surface area contributed by atoms with Gasteiger partial charge in [-0.3, -0.25) is 15.5 Å². The number of aryl methyl sites for hydroxylation is 2. The van der Waals surface area contributed by atoms with Crippen LogP contribution in [-0.4, -0.2) is 14.8 Å². The van der Waals surface area contributed by atoms with E-state index in [1.807, 2.05) is 23.0 Å². The zero-order valence-electron chi connectivity index (χ0n) is 11.5. The molecule has 0 bridgehead atoms. The van der Waals surface area contributed by atoms with E-state index in [0.29, 0.717) is 0 Å². The van der Waals surface area contributed by atoms with E-state index < -0.39 is 0 Å². The summed E-state index contributed by atoms with van der Waals surface area (Å²) in [5.41, 5.74) is 6.11. The SMILES string of the molecule is CCCn1nccc1C(NN)c1ncccc1CC. The molecule has 0 spiro atoms. The predicted octanol–water partition coefficient (Wildman–Crippen LogP) is 1.80. The standard InChI is InChI=1S/C14H21N5/c1-3-10-19-12(7-9-17-19)14(18-15)13-11(4-2)6-5-8-16-13/h5-9,14,18H,3-4,10,15H2,1-2H3. The molecule has 2 aromatic rings. The zero-order valence-corrected chi connectivity index (χ0v) is 11.5. The predicted molar refractivity (Wildman–Crippen MR) is 75.3 cm³/mol. The smallest absolute Gasteiger partial charge is 0.105 e. The second-order valence-corrected chi connectivity index (χ2v) is 4.48. The van der Waals surface area contributed by atoms with Crippen LogP contribution in [0.2, 0.25) is 0 Å². The van der Waals surface area contributed by atoms with Gasteiger partial charge in [0, 0.05) is 18.9 Å². The third-order valence-corrected chi connectivity index (χ3v) is 3.23. The van der Waals surface area contributed by atoms with Crippen molar-refractivity contribution in [2.45, 2.75) is 39.3 Å². The minimum atomic E-state index is -0.120. The molecule has 2 heterocycles. The Morgan fingerprint density at radius 1 is 1.32 bits per heavy atom. The summed E-state index contributed by atoms with van der Waals surface area (Å²) in [7, 11) is 0. The summed E-state index contributed by atoms with van der Waals surface area (Å²) in [5, 5.41) is 4.35. The summed E-state index contributed by atoms with van der Waals surface area (Å²) in [6.07, 6.45) is 5.58. The maximum absolute atomic E-state index is 5.75. The fourth-order valence-electron chi connectivity index (χ4n) is 2.30. The first-order chi connectivity index (χ1) is 9.31. The van der Waals surface area contributed by atoms with Crippen LogP contribution in [0.3, 0.4) is 0 Å². The summed E-state index contributed by atoms with van der Waals surface area (Å²) >= 11 is 0. The molecule has 3 N–H and O–H groups in total. The maximum atomic E-state index is 5.75. The Morgan fingerprint density at radius 2 is 2.16 bits per heavy atom. The van der Waals surface area contributed by atoms with Crippen LogP contribution in [-0.2, 0) is 13.0 Å². The Balaban J connectivity index is 2.41. The molecule has 0 saturated carbocycles. The summed E-state index contributed by atoms with van der Waals surface area (Å²) in [6, 6.07) is 5.92. The third-order valence-electron chi connectivity index (χ3n) is 3.23. The van der Waals surface area contributed by atoms with Gasteiger partial charge in [-0.05, 0) is 30.5 Å². The molecule has 0 aromatic carbocycles. The zero-order chi connectivity index (χ0) is 13.7. The van der Waals surface area contributed by atoms with Crippen molar-refractivity contribution in [3.63, 3.8) is 0 Å². The van der Waals surface area contributed by atoms with E-state index in [-0.39, 0.29) is 6.04 Å². The number of hydrogen-bond donors (Lipinski definition) is 2. The van der Waals surface area contributed by atoms with E-state index in [0.717, 1.165) is 30.8 Å². The first-order valence-corrected chi connectivity index (χ1v) is 6.73. The molecule has 5 nitrogen and oxygen atoms in total. The van der Waals surface area contributed by atoms with Gasteiger partial charge < -0.3 is 0 Å². The first kappa shape index (κ1) is 13.7. The van der Waals surface area contributed by atoms with Crippen molar-refractivity contribution in [3.05, 3.63) is 47.5 Å². The van der Waals surface area contributed by atoms with Crippen molar-refractivity contribution in [1.29, 1.82) is 0 Å². The lowest BCUT2D eigenvalue weighted by Crippen LogP contribution is -2.32. The van der Waals surface area contributed by atoms with E-state index in [9.17, 15) is 0 Å². The van der Waals surface area contributed by atoms with Gasteiger partial charge >= 0.3 is 0 Å². The Morgan fingerprint density at radius 3 is 2.84 bits per heavy atom. The molecule has 1 atom stereocenters. The molecule has 1 unspecified atom stereocenters. The second kappa shape index (κ2) is 6.45. The molecule has 0 fully saturated rings. The molecule has 5 heteroatoms. The number of nitrogens with one attached hydrogen (secondary N) is 1. The Bertz CT molecular complexity index is 520. The van der Waals surface area contributed by atoms with Gasteiger partial charge in [0.05, 0.1) is 11.4 Å². The number of hydrazine groups is 1. The number of nitrogens with two attached hydrogens (primary N) is 1. The molecule has 19 heavy (non-hydrogen) atoms. The van der Waals surface area contributed by atoms with E-state index in [2.05, 4.69) is 35.4 Å². The first-order valence-electron chi connectivity index (χ1n) is 6.73.